The molecule has 1 N–H and O–H groups in total. The molecule has 3 aromatic rings. The van der Waals surface area contributed by atoms with E-state index in [0.29, 0.717) is 22.4 Å². The summed E-state index contributed by atoms with van der Waals surface area (Å²) in [5, 5.41) is 3.55. The van der Waals surface area contributed by atoms with Gasteiger partial charge in [-0.25, -0.2) is 9.97 Å². The third-order valence-electron chi connectivity index (χ3n) is 4.60. The number of hydrogen-bond acceptors (Lipinski definition) is 8. The van der Waals surface area contributed by atoms with E-state index in [9.17, 15) is 0 Å². The molecule has 0 bridgehead atoms. The molecule has 0 aliphatic carbocycles. The van der Waals surface area contributed by atoms with Crippen molar-refractivity contribution in [1.29, 1.82) is 0 Å². The molecule has 170 valence electrons. The van der Waals surface area contributed by atoms with Crippen LogP contribution >= 0.6 is 11.6 Å². The molecule has 1 fully saturated rings. The van der Waals surface area contributed by atoms with Crippen molar-refractivity contribution < 1.29 is 32.7 Å². The zero-order valence-corrected chi connectivity index (χ0v) is 17.5. The van der Waals surface area contributed by atoms with Gasteiger partial charge in [0.1, 0.15) is 17.9 Å². The predicted molar refractivity (Wildman–Crippen MR) is 125 cm³/mol. The van der Waals surface area contributed by atoms with Crippen LogP contribution in [0.3, 0.4) is 0 Å². The summed E-state index contributed by atoms with van der Waals surface area (Å²) >= 11 is 6.20. The van der Waals surface area contributed by atoms with Gasteiger partial charge in [0.05, 0.1) is 55.4 Å². The summed E-state index contributed by atoms with van der Waals surface area (Å²) in [7, 11) is -5.46. The van der Waals surface area contributed by atoms with Gasteiger partial charge in [-0.15, -0.1) is 0 Å². The van der Waals surface area contributed by atoms with E-state index in [1.807, 2.05) is 0 Å². The van der Waals surface area contributed by atoms with Crippen LogP contribution in [0.1, 0.15) is 20.1 Å². The first-order valence-corrected chi connectivity index (χ1v) is 9.95. The Morgan fingerprint density at radius 3 is 2.78 bits per heavy atom. The Morgan fingerprint density at radius 2 is 1.97 bits per heavy atom. The number of aromatic nitrogens is 2. The molecular weight excluding hydrogens is 432 g/mol. The Kier molecular flexibility index (Phi) is 4.35. The lowest BCUT2D eigenvalue weighted by atomic mass is 10.2. The van der Waals surface area contributed by atoms with Crippen LogP contribution in [0.2, 0.25) is 5.02 Å². The summed E-state index contributed by atoms with van der Waals surface area (Å²) in [6, 6.07) is 7.27. The molecule has 4 unspecified atom stereocenters. The standard InChI is InChI=1S/C23H27ClN4O4/c1-29-20-5-4-16(12-18(20)24)27-23-17-13-22(21(30-2)14-19(17)25-15-26-23)32-9-3-6-28-7-10-31-11-8-28/h4-5,12-15H,3,6-11H2,1-2H3,(H,25,26,27)/i1D3,2D3,7D,8D,10D,11D. The van der Waals surface area contributed by atoms with Crippen molar-refractivity contribution in [1.82, 2.24) is 14.9 Å². The van der Waals surface area contributed by atoms with Gasteiger partial charge in [-0.1, -0.05) is 11.6 Å². The molecule has 4 atom stereocenters. The average Bonchev–Trinajstić information content (AvgIpc) is 2.87. The van der Waals surface area contributed by atoms with E-state index in [4.69, 9.17) is 44.3 Å². The smallest absolute Gasteiger partial charge is 0.162 e. The number of rotatable bonds is 9. The molecule has 32 heavy (non-hydrogen) atoms. The molecule has 9 heteroatoms. The number of benzene rings is 2. The van der Waals surface area contributed by atoms with E-state index >= 15 is 0 Å². The van der Waals surface area contributed by atoms with Crippen LogP contribution in [0.4, 0.5) is 11.5 Å². The number of anilines is 2. The summed E-state index contributed by atoms with van der Waals surface area (Å²) in [6.45, 7) is -4.64. The van der Waals surface area contributed by atoms with Crippen molar-refractivity contribution in [3.63, 3.8) is 0 Å². The second-order valence-electron chi connectivity index (χ2n) is 6.66. The first kappa shape index (κ1) is 13.0. The SMILES string of the molecule is [2H]C1OC([2H])C([2H])N(CCCOc2cc3c(Nc4ccc(OC([2H])([2H])[2H])c(Cl)c4)ncnc3cc2OC([2H])([2H])[2H])C1[2H]. The van der Waals surface area contributed by atoms with Crippen molar-refractivity contribution in [2.45, 2.75) is 6.42 Å². The quantitative estimate of drug-likeness (QED) is 0.469. The highest BCUT2D eigenvalue weighted by atomic mass is 35.5. The van der Waals surface area contributed by atoms with Crippen LogP contribution < -0.4 is 19.5 Å². The Bertz CT molecular complexity index is 1390. The fraction of sp³-hybridized carbons (Fsp3) is 0.391. The number of nitrogens with one attached hydrogen (secondary N) is 1. The largest absolute Gasteiger partial charge is 0.495 e. The minimum atomic E-state index is -2.79. The van der Waals surface area contributed by atoms with Gasteiger partial charge in [-0.3, -0.25) is 4.90 Å². The molecule has 4 rings (SSSR count). The average molecular weight is 469 g/mol. The van der Waals surface area contributed by atoms with E-state index in [-0.39, 0.29) is 41.8 Å². The zero-order chi connectivity index (χ0) is 30.8. The number of morpholine rings is 1. The third kappa shape index (κ3) is 5.32. The van der Waals surface area contributed by atoms with E-state index in [0.717, 1.165) is 0 Å². The van der Waals surface area contributed by atoms with Crippen LogP contribution in [-0.2, 0) is 4.74 Å². The van der Waals surface area contributed by atoms with Gasteiger partial charge in [-0.05, 0) is 30.7 Å². The van der Waals surface area contributed by atoms with Crippen LogP contribution in [0, 0.1) is 0 Å². The first-order valence-electron chi connectivity index (χ1n) is 14.9. The normalized spacial score (nSPS) is 28.9. The van der Waals surface area contributed by atoms with Crippen molar-refractivity contribution in [3.8, 4) is 17.2 Å². The van der Waals surface area contributed by atoms with E-state index in [1.54, 1.807) is 0 Å². The summed E-state index contributed by atoms with van der Waals surface area (Å²) in [4.78, 5) is 9.82. The minimum Gasteiger partial charge on any atom is -0.495 e. The molecule has 2 heterocycles. The second kappa shape index (κ2) is 10.7. The predicted octanol–water partition coefficient (Wildman–Crippen LogP) is 4.15. The lowest BCUT2D eigenvalue weighted by Gasteiger charge is -2.26. The molecule has 2 aromatic carbocycles. The van der Waals surface area contributed by atoms with Crippen LogP contribution in [-0.4, -0.2) is 68.3 Å². The van der Waals surface area contributed by atoms with E-state index in [2.05, 4.69) is 15.3 Å². The van der Waals surface area contributed by atoms with Crippen molar-refractivity contribution in [2.24, 2.45) is 0 Å². The van der Waals surface area contributed by atoms with E-state index < -0.39 is 40.3 Å². The Labute approximate surface area is 206 Å². The molecule has 1 aromatic heterocycles. The number of fused-ring (bicyclic) bond motifs is 1. The van der Waals surface area contributed by atoms with Gasteiger partial charge >= 0.3 is 0 Å². The maximum absolute atomic E-state index is 8.08. The van der Waals surface area contributed by atoms with Crippen LogP contribution in [0.5, 0.6) is 17.2 Å². The van der Waals surface area contributed by atoms with Gasteiger partial charge in [0, 0.05) is 39.5 Å². The number of nitrogens with zero attached hydrogens (tertiary/aromatic N) is 3. The minimum absolute atomic E-state index is 0.0287. The fourth-order valence-electron chi connectivity index (χ4n) is 3.05. The number of ether oxygens (including phenoxy) is 4. The van der Waals surface area contributed by atoms with Crippen molar-refractivity contribution in [2.75, 3.05) is 58.8 Å². The highest BCUT2D eigenvalue weighted by molar-refractivity contribution is 6.32. The number of halogens is 1. The summed E-state index contributed by atoms with van der Waals surface area (Å²) in [5.74, 6) is 0.247. The highest BCUT2D eigenvalue weighted by Crippen LogP contribution is 2.35. The Hall–Kier alpha value is -2.81. The monoisotopic (exact) mass is 468 g/mol. The second-order valence-corrected chi connectivity index (χ2v) is 7.07. The molecular formula is C23H27ClN4O4. The topological polar surface area (TPSA) is 78.0 Å². The molecule has 1 aliphatic rings. The van der Waals surface area contributed by atoms with Gasteiger partial charge < -0.3 is 24.3 Å². The Balaban J connectivity index is 1.56. The summed E-state index contributed by atoms with van der Waals surface area (Å²) in [5.41, 5.74) is 0.780. The lowest BCUT2D eigenvalue weighted by molar-refractivity contribution is 0.0357. The van der Waals surface area contributed by atoms with Gasteiger partial charge in [0.25, 0.3) is 0 Å². The van der Waals surface area contributed by atoms with Crippen molar-refractivity contribution >= 4 is 34.0 Å². The number of methoxy groups -OCH3 is 2. The molecule has 0 radical (unpaired) electrons. The van der Waals surface area contributed by atoms with Crippen molar-refractivity contribution in [3.05, 3.63) is 41.7 Å². The van der Waals surface area contributed by atoms with Gasteiger partial charge in [0.15, 0.2) is 11.5 Å². The molecule has 1 saturated heterocycles. The van der Waals surface area contributed by atoms with Crippen LogP contribution in [0.15, 0.2) is 36.7 Å². The Morgan fingerprint density at radius 1 is 1.12 bits per heavy atom. The molecule has 1 aliphatic heterocycles. The summed E-state index contributed by atoms with van der Waals surface area (Å²) < 4.78 is 97.0. The first-order chi connectivity index (χ1) is 19.6. The van der Waals surface area contributed by atoms with Crippen LogP contribution in [0.25, 0.3) is 10.9 Å². The van der Waals surface area contributed by atoms with E-state index in [1.165, 1.54) is 41.6 Å². The number of hydrogen-bond donors (Lipinski definition) is 1. The molecule has 8 nitrogen and oxygen atoms in total. The maximum Gasteiger partial charge on any atom is 0.162 e. The third-order valence-corrected chi connectivity index (χ3v) is 4.89. The van der Waals surface area contributed by atoms with Gasteiger partial charge in [-0.2, -0.15) is 0 Å². The lowest BCUT2D eigenvalue weighted by Crippen LogP contribution is -2.37. The molecule has 0 saturated carbocycles. The molecule has 0 amide bonds. The zero-order valence-electron chi connectivity index (χ0n) is 26.7. The van der Waals surface area contributed by atoms with Gasteiger partial charge in [0.2, 0.25) is 0 Å². The fourth-order valence-corrected chi connectivity index (χ4v) is 3.27. The maximum atomic E-state index is 8.08. The summed E-state index contributed by atoms with van der Waals surface area (Å²) in [6.07, 6.45) is 1.54. The molecule has 0 spiro atoms. The highest BCUT2D eigenvalue weighted by Gasteiger charge is 2.14.